The number of ether oxygens (including phenoxy) is 4. The van der Waals surface area contributed by atoms with Crippen LogP contribution in [0.25, 0.3) is 0 Å². The number of piperazine rings is 1. The zero-order chi connectivity index (χ0) is 25.6. The van der Waals surface area contributed by atoms with Gasteiger partial charge in [-0.15, -0.1) is 0 Å². The van der Waals surface area contributed by atoms with E-state index in [1.165, 1.54) is 5.56 Å². The molecule has 1 unspecified atom stereocenters. The minimum absolute atomic E-state index is 0.0236. The first-order valence-electron chi connectivity index (χ1n) is 13.1. The van der Waals surface area contributed by atoms with Crippen LogP contribution in [0.1, 0.15) is 35.7 Å². The molecule has 0 saturated carbocycles. The Morgan fingerprint density at radius 2 is 1.73 bits per heavy atom. The van der Waals surface area contributed by atoms with Crippen molar-refractivity contribution in [2.45, 2.75) is 26.3 Å². The summed E-state index contributed by atoms with van der Waals surface area (Å²) in [5.74, 6) is 2.47. The predicted molar refractivity (Wildman–Crippen MR) is 137 cm³/mol. The van der Waals surface area contributed by atoms with Gasteiger partial charge in [-0.05, 0) is 55.7 Å². The number of fused-ring (bicyclic) bond motifs is 1. The molecule has 5 rings (SSSR count). The molecule has 2 saturated heterocycles. The fourth-order valence-corrected chi connectivity index (χ4v) is 5.06. The van der Waals surface area contributed by atoms with E-state index in [4.69, 9.17) is 18.9 Å². The summed E-state index contributed by atoms with van der Waals surface area (Å²) in [7, 11) is 0. The molecule has 0 radical (unpaired) electrons. The monoisotopic (exact) mass is 509 g/mol. The first kappa shape index (κ1) is 25.2. The molecule has 2 fully saturated rings. The molecular weight excluding hydrogens is 474 g/mol. The molecule has 2 aromatic rings. The normalized spacial score (nSPS) is 19.5. The lowest BCUT2D eigenvalue weighted by atomic mass is 9.98. The van der Waals surface area contributed by atoms with Gasteiger partial charge in [-0.2, -0.15) is 0 Å². The molecule has 3 aliphatic heterocycles. The van der Waals surface area contributed by atoms with Crippen molar-refractivity contribution in [3.8, 4) is 17.2 Å². The second kappa shape index (κ2) is 11.7. The van der Waals surface area contributed by atoms with Crippen LogP contribution in [-0.2, 0) is 11.3 Å². The highest BCUT2D eigenvalue weighted by Crippen LogP contribution is 2.33. The van der Waals surface area contributed by atoms with Crippen LogP contribution in [0.15, 0.2) is 42.5 Å². The Balaban J connectivity index is 1.07. The van der Waals surface area contributed by atoms with Crippen LogP contribution in [0, 0.1) is 5.92 Å². The number of rotatable bonds is 7. The van der Waals surface area contributed by atoms with Crippen LogP contribution in [-0.4, -0.2) is 86.0 Å². The summed E-state index contributed by atoms with van der Waals surface area (Å²) in [5.41, 5.74) is 1.85. The van der Waals surface area contributed by atoms with Crippen LogP contribution < -0.4 is 14.2 Å². The summed E-state index contributed by atoms with van der Waals surface area (Å²) >= 11 is 0. The SMILES string of the molecule is CCOC(=O)N1CCN(Cc2ccc(OCC3CCCN(C(=O)c4ccc5c(c4)OCO5)C3)cc2)CC1. The van der Waals surface area contributed by atoms with E-state index in [0.717, 1.165) is 44.8 Å². The second-order valence-electron chi connectivity index (χ2n) is 9.74. The second-order valence-corrected chi connectivity index (χ2v) is 9.74. The van der Waals surface area contributed by atoms with Crippen molar-refractivity contribution >= 4 is 12.0 Å². The lowest BCUT2D eigenvalue weighted by molar-refractivity contribution is 0.0632. The number of piperidine rings is 1. The van der Waals surface area contributed by atoms with Crippen molar-refractivity contribution in [2.24, 2.45) is 5.92 Å². The molecule has 37 heavy (non-hydrogen) atoms. The largest absolute Gasteiger partial charge is 0.493 e. The summed E-state index contributed by atoms with van der Waals surface area (Å²) in [5, 5.41) is 0. The Labute approximate surface area is 217 Å². The number of carbonyl (C=O) groups is 2. The topological polar surface area (TPSA) is 80.8 Å². The van der Waals surface area contributed by atoms with Gasteiger partial charge in [-0.25, -0.2) is 4.79 Å². The van der Waals surface area contributed by atoms with Crippen molar-refractivity contribution in [1.82, 2.24) is 14.7 Å². The molecule has 0 aromatic heterocycles. The molecule has 3 heterocycles. The van der Waals surface area contributed by atoms with Crippen molar-refractivity contribution in [2.75, 3.05) is 59.3 Å². The maximum Gasteiger partial charge on any atom is 0.409 e. The van der Waals surface area contributed by atoms with Crippen LogP contribution >= 0.6 is 0 Å². The van der Waals surface area contributed by atoms with E-state index >= 15 is 0 Å². The molecule has 198 valence electrons. The molecule has 2 aromatic carbocycles. The maximum absolute atomic E-state index is 13.1. The average molecular weight is 510 g/mol. The number of carbonyl (C=O) groups excluding carboxylic acids is 2. The van der Waals surface area contributed by atoms with Gasteiger partial charge in [-0.1, -0.05) is 12.1 Å². The van der Waals surface area contributed by atoms with Crippen molar-refractivity contribution in [1.29, 1.82) is 0 Å². The lowest BCUT2D eigenvalue weighted by Crippen LogP contribution is -2.48. The van der Waals surface area contributed by atoms with Gasteiger partial charge in [0.2, 0.25) is 6.79 Å². The molecule has 0 bridgehead atoms. The highest BCUT2D eigenvalue weighted by Gasteiger charge is 2.26. The molecule has 2 amide bonds. The quantitative estimate of drug-likeness (QED) is 0.564. The van der Waals surface area contributed by atoms with Crippen LogP contribution in [0.4, 0.5) is 4.79 Å². The molecule has 0 aliphatic carbocycles. The van der Waals surface area contributed by atoms with Crippen LogP contribution in [0.5, 0.6) is 17.2 Å². The van der Waals surface area contributed by atoms with Gasteiger partial charge in [-0.3, -0.25) is 9.69 Å². The van der Waals surface area contributed by atoms with Gasteiger partial charge in [0.25, 0.3) is 5.91 Å². The molecule has 0 N–H and O–H groups in total. The third-order valence-electron chi connectivity index (χ3n) is 7.14. The van der Waals surface area contributed by atoms with E-state index in [-0.39, 0.29) is 18.8 Å². The Morgan fingerprint density at radius 3 is 2.51 bits per heavy atom. The van der Waals surface area contributed by atoms with Gasteiger partial charge >= 0.3 is 6.09 Å². The highest BCUT2D eigenvalue weighted by molar-refractivity contribution is 5.95. The van der Waals surface area contributed by atoms with Crippen molar-refractivity contribution in [3.05, 3.63) is 53.6 Å². The summed E-state index contributed by atoms with van der Waals surface area (Å²) in [4.78, 5) is 31.0. The summed E-state index contributed by atoms with van der Waals surface area (Å²) in [6.45, 7) is 8.35. The number of nitrogens with zero attached hydrogens (tertiary/aromatic N) is 3. The Hall–Kier alpha value is -3.46. The molecule has 1 atom stereocenters. The number of hydrogen-bond acceptors (Lipinski definition) is 7. The molecule has 0 spiro atoms. The van der Waals surface area contributed by atoms with Gasteiger partial charge in [0, 0.05) is 57.3 Å². The lowest BCUT2D eigenvalue weighted by Gasteiger charge is -2.34. The Morgan fingerprint density at radius 1 is 0.946 bits per heavy atom. The minimum atomic E-state index is -0.220. The zero-order valence-electron chi connectivity index (χ0n) is 21.4. The van der Waals surface area contributed by atoms with E-state index in [1.54, 1.807) is 23.1 Å². The number of amides is 2. The first-order chi connectivity index (χ1) is 18.1. The molecule has 3 aliphatic rings. The smallest absolute Gasteiger partial charge is 0.409 e. The summed E-state index contributed by atoms with van der Waals surface area (Å²) in [6, 6.07) is 13.6. The standard InChI is InChI=1S/C28H35N3O6/c1-2-34-28(33)30-14-12-29(13-15-30)17-21-5-8-24(9-6-21)35-19-22-4-3-11-31(18-22)27(32)23-7-10-25-26(16-23)37-20-36-25/h5-10,16,22H,2-4,11-15,17-20H2,1H3. The predicted octanol–water partition coefficient (Wildman–Crippen LogP) is 3.62. The maximum atomic E-state index is 13.1. The fraction of sp³-hybridized carbons (Fsp3) is 0.500. The Bertz CT molecular complexity index is 1080. The first-order valence-corrected chi connectivity index (χ1v) is 13.1. The molecular formula is C28H35N3O6. The van der Waals surface area contributed by atoms with Gasteiger partial charge in [0.15, 0.2) is 11.5 Å². The Kier molecular flexibility index (Phi) is 7.99. The van der Waals surface area contributed by atoms with Gasteiger partial charge < -0.3 is 28.7 Å². The van der Waals surface area contributed by atoms with Crippen LogP contribution in [0.3, 0.4) is 0 Å². The van der Waals surface area contributed by atoms with E-state index in [0.29, 0.717) is 55.8 Å². The van der Waals surface area contributed by atoms with Gasteiger partial charge in [0.05, 0.1) is 13.2 Å². The fourth-order valence-electron chi connectivity index (χ4n) is 5.06. The third-order valence-corrected chi connectivity index (χ3v) is 7.14. The van der Waals surface area contributed by atoms with Crippen molar-refractivity contribution in [3.63, 3.8) is 0 Å². The molecule has 9 nitrogen and oxygen atoms in total. The van der Waals surface area contributed by atoms with Gasteiger partial charge in [0.1, 0.15) is 5.75 Å². The number of hydrogen-bond donors (Lipinski definition) is 0. The third kappa shape index (κ3) is 6.28. The summed E-state index contributed by atoms with van der Waals surface area (Å²) in [6.07, 6.45) is 1.79. The minimum Gasteiger partial charge on any atom is -0.493 e. The number of benzene rings is 2. The molecule has 9 heteroatoms. The van der Waals surface area contributed by atoms with E-state index in [9.17, 15) is 9.59 Å². The van der Waals surface area contributed by atoms with E-state index in [2.05, 4.69) is 17.0 Å². The zero-order valence-corrected chi connectivity index (χ0v) is 21.4. The highest BCUT2D eigenvalue weighted by atomic mass is 16.7. The van der Waals surface area contributed by atoms with E-state index < -0.39 is 0 Å². The van der Waals surface area contributed by atoms with E-state index in [1.807, 2.05) is 24.0 Å². The number of likely N-dealkylation sites (tertiary alicyclic amines) is 1. The van der Waals surface area contributed by atoms with Crippen molar-refractivity contribution < 1.29 is 28.5 Å². The van der Waals surface area contributed by atoms with Crippen LogP contribution in [0.2, 0.25) is 0 Å². The average Bonchev–Trinajstić information content (AvgIpc) is 3.41. The summed E-state index contributed by atoms with van der Waals surface area (Å²) < 4.78 is 22.0.